The third kappa shape index (κ3) is 6.46. The highest BCUT2D eigenvalue weighted by atomic mass is 35.5. The van der Waals surface area contributed by atoms with Crippen LogP contribution in [0.1, 0.15) is 26.3 Å². The zero-order valence-electron chi connectivity index (χ0n) is 20.4. The van der Waals surface area contributed by atoms with Crippen molar-refractivity contribution >= 4 is 56.5 Å². The van der Waals surface area contributed by atoms with E-state index < -0.39 is 21.9 Å². The molecule has 0 saturated heterocycles. The van der Waals surface area contributed by atoms with Gasteiger partial charge < -0.3 is 19.5 Å². The summed E-state index contributed by atoms with van der Waals surface area (Å²) in [7, 11) is 0.364. The van der Waals surface area contributed by atoms with Crippen molar-refractivity contribution in [3.05, 3.63) is 81.3 Å². The lowest BCUT2D eigenvalue weighted by Crippen LogP contribution is -2.29. The number of nitrogens with one attached hydrogen (secondary N) is 1. The second-order valence-electron chi connectivity index (χ2n) is 7.74. The van der Waals surface area contributed by atoms with Crippen LogP contribution in [-0.2, 0) is 21.3 Å². The largest absolute Gasteiger partial charge is 0.493 e. The van der Waals surface area contributed by atoms with Gasteiger partial charge >= 0.3 is 5.97 Å². The zero-order valence-corrected chi connectivity index (χ0v) is 22.7. The van der Waals surface area contributed by atoms with Crippen LogP contribution >= 0.6 is 23.2 Å². The van der Waals surface area contributed by atoms with Crippen molar-refractivity contribution in [2.24, 2.45) is 0 Å². The van der Waals surface area contributed by atoms with E-state index in [0.717, 1.165) is 10.6 Å². The molecule has 0 spiro atoms. The number of hydrogen-bond donors (Lipinski definition) is 1. The van der Waals surface area contributed by atoms with E-state index in [0.29, 0.717) is 17.1 Å². The Morgan fingerprint density at radius 3 is 2.14 bits per heavy atom. The molecule has 0 saturated carbocycles. The summed E-state index contributed by atoms with van der Waals surface area (Å²) < 4.78 is 41.4. The molecule has 9 nitrogen and oxygen atoms in total. The molecule has 196 valence electrons. The van der Waals surface area contributed by atoms with E-state index in [1.807, 2.05) is 0 Å². The third-order valence-electron chi connectivity index (χ3n) is 5.32. The predicted octanol–water partition coefficient (Wildman–Crippen LogP) is 5.02. The number of sulfonamides is 1. The number of hydrogen-bond acceptors (Lipinski definition) is 7. The number of esters is 1. The molecule has 3 aromatic rings. The van der Waals surface area contributed by atoms with Crippen molar-refractivity contribution in [3.63, 3.8) is 0 Å². The minimum Gasteiger partial charge on any atom is -0.493 e. The van der Waals surface area contributed by atoms with Gasteiger partial charge in [0, 0.05) is 17.7 Å². The highest BCUT2D eigenvalue weighted by Crippen LogP contribution is 2.35. The van der Waals surface area contributed by atoms with Crippen LogP contribution in [0.4, 0.5) is 11.4 Å². The molecule has 0 aromatic heterocycles. The lowest BCUT2D eigenvalue weighted by atomic mass is 10.1. The number of nitrogens with zero attached hydrogens (tertiary/aromatic N) is 1. The van der Waals surface area contributed by atoms with Gasteiger partial charge in [-0.05, 0) is 29.8 Å². The highest BCUT2D eigenvalue weighted by Gasteiger charge is 2.23. The van der Waals surface area contributed by atoms with Gasteiger partial charge in [-0.25, -0.2) is 13.2 Å². The SMILES string of the molecule is COC(=O)c1cc(OC)c(OC)cc1NC(=O)c1ccc(CN(c2cccc(Cl)c2Cl)S(C)(=O)=O)cc1. The maximum atomic E-state index is 13.0. The molecule has 37 heavy (non-hydrogen) atoms. The number of ether oxygens (including phenoxy) is 3. The first-order valence-corrected chi connectivity index (χ1v) is 13.3. The number of methoxy groups -OCH3 is 3. The van der Waals surface area contributed by atoms with E-state index >= 15 is 0 Å². The number of benzene rings is 3. The Morgan fingerprint density at radius 1 is 0.946 bits per heavy atom. The van der Waals surface area contributed by atoms with Gasteiger partial charge in [-0.1, -0.05) is 41.4 Å². The molecule has 3 aromatic carbocycles. The van der Waals surface area contributed by atoms with E-state index in [1.54, 1.807) is 30.3 Å². The van der Waals surface area contributed by atoms with E-state index in [4.69, 9.17) is 37.4 Å². The fourth-order valence-electron chi connectivity index (χ4n) is 3.45. The monoisotopic (exact) mass is 566 g/mol. The van der Waals surface area contributed by atoms with Crippen LogP contribution in [0, 0.1) is 0 Å². The molecule has 1 N–H and O–H groups in total. The van der Waals surface area contributed by atoms with Crippen molar-refractivity contribution in [2.75, 3.05) is 37.2 Å². The first kappa shape index (κ1) is 28.1. The molecular formula is C25H24Cl2N2O7S. The van der Waals surface area contributed by atoms with Gasteiger partial charge in [0.05, 0.1) is 61.1 Å². The Hall–Kier alpha value is -3.47. The van der Waals surface area contributed by atoms with Gasteiger partial charge in [0.2, 0.25) is 10.0 Å². The number of anilines is 2. The van der Waals surface area contributed by atoms with Crippen molar-refractivity contribution < 1.29 is 32.2 Å². The fraction of sp³-hybridized carbons (Fsp3) is 0.200. The fourth-order valence-corrected chi connectivity index (χ4v) is 4.79. The molecular weight excluding hydrogens is 543 g/mol. The van der Waals surface area contributed by atoms with Crippen LogP contribution in [0.5, 0.6) is 11.5 Å². The number of amides is 1. The summed E-state index contributed by atoms with van der Waals surface area (Å²) in [6.07, 6.45) is 1.06. The summed E-state index contributed by atoms with van der Waals surface area (Å²) in [4.78, 5) is 25.2. The Bertz CT molecular complexity index is 1430. The molecule has 3 rings (SSSR count). The molecule has 12 heteroatoms. The Labute approximate surface area is 224 Å². The molecule has 0 aliphatic heterocycles. The van der Waals surface area contributed by atoms with Gasteiger partial charge in [0.15, 0.2) is 11.5 Å². The first-order valence-electron chi connectivity index (χ1n) is 10.7. The molecule has 0 atom stereocenters. The first-order chi connectivity index (χ1) is 17.5. The summed E-state index contributed by atoms with van der Waals surface area (Å²) in [5.41, 5.74) is 1.34. The second-order valence-corrected chi connectivity index (χ2v) is 10.4. The predicted molar refractivity (Wildman–Crippen MR) is 143 cm³/mol. The van der Waals surface area contributed by atoms with E-state index in [2.05, 4.69) is 5.32 Å². The molecule has 0 unspecified atom stereocenters. The molecule has 0 heterocycles. The van der Waals surface area contributed by atoms with Gasteiger partial charge in [0.1, 0.15) is 0 Å². The maximum Gasteiger partial charge on any atom is 0.340 e. The van der Waals surface area contributed by atoms with Crippen LogP contribution in [-0.4, -0.2) is 47.9 Å². The van der Waals surface area contributed by atoms with Crippen LogP contribution in [0.2, 0.25) is 10.0 Å². The summed E-state index contributed by atoms with van der Waals surface area (Å²) in [5.74, 6) is -0.587. The second kappa shape index (κ2) is 11.7. The molecule has 0 bridgehead atoms. The van der Waals surface area contributed by atoms with Gasteiger partial charge in [-0.3, -0.25) is 9.10 Å². The molecule has 0 fully saturated rings. The third-order valence-corrected chi connectivity index (χ3v) is 7.26. The summed E-state index contributed by atoms with van der Waals surface area (Å²) >= 11 is 12.3. The van der Waals surface area contributed by atoms with Gasteiger partial charge in [-0.15, -0.1) is 0 Å². The molecule has 0 aliphatic carbocycles. The lowest BCUT2D eigenvalue weighted by Gasteiger charge is -2.24. The van der Waals surface area contributed by atoms with E-state index in [-0.39, 0.29) is 39.1 Å². The van der Waals surface area contributed by atoms with Crippen LogP contribution in [0.25, 0.3) is 0 Å². The number of halogens is 2. The maximum absolute atomic E-state index is 13.0. The van der Waals surface area contributed by atoms with Crippen molar-refractivity contribution in [1.82, 2.24) is 0 Å². The summed E-state index contributed by atoms with van der Waals surface area (Å²) in [5, 5.41) is 3.01. The lowest BCUT2D eigenvalue weighted by molar-refractivity contribution is 0.0601. The van der Waals surface area contributed by atoms with E-state index in [9.17, 15) is 18.0 Å². The highest BCUT2D eigenvalue weighted by molar-refractivity contribution is 7.92. The number of carbonyl (C=O) groups excluding carboxylic acids is 2. The Balaban J connectivity index is 1.87. The summed E-state index contributed by atoms with van der Waals surface area (Å²) in [6.45, 7) is -0.0387. The van der Waals surface area contributed by atoms with Crippen molar-refractivity contribution in [1.29, 1.82) is 0 Å². The minimum atomic E-state index is -3.71. The van der Waals surface area contributed by atoms with Crippen molar-refractivity contribution in [3.8, 4) is 11.5 Å². The van der Waals surface area contributed by atoms with Gasteiger partial charge in [-0.2, -0.15) is 0 Å². The topological polar surface area (TPSA) is 111 Å². The molecule has 0 radical (unpaired) electrons. The number of rotatable bonds is 9. The van der Waals surface area contributed by atoms with Crippen molar-refractivity contribution in [2.45, 2.75) is 6.54 Å². The molecule has 1 amide bonds. The smallest absolute Gasteiger partial charge is 0.340 e. The van der Waals surface area contributed by atoms with Crippen LogP contribution in [0.15, 0.2) is 54.6 Å². The minimum absolute atomic E-state index is 0.0387. The Morgan fingerprint density at radius 2 is 1.57 bits per heavy atom. The van der Waals surface area contributed by atoms with Crippen LogP contribution in [0.3, 0.4) is 0 Å². The standard InChI is InChI=1S/C25H24Cl2N2O7S/c1-34-21-12-17(25(31)36-3)19(13-22(21)35-2)28-24(30)16-10-8-15(9-11-16)14-29(37(4,32)33)20-7-5-6-18(26)23(20)27/h5-13H,14H2,1-4H3,(H,28,30). The average molecular weight is 567 g/mol. The summed E-state index contributed by atoms with van der Waals surface area (Å²) in [6, 6.07) is 13.9. The normalized spacial score (nSPS) is 11.0. The Kier molecular flexibility index (Phi) is 8.90. The molecule has 0 aliphatic rings. The van der Waals surface area contributed by atoms with E-state index in [1.165, 1.54) is 45.6 Å². The zero-order chi connectivity index (χ0) is 27.3. The van der Waals surface area contributed by atoms with Gasteiger partial charge in [0.25, 0.3) is 5.91 Å². The quantitative estimate of drug-likeness (QED) is 0.362. The number of carbonyl (C=O) groups is 2. The van der Waals surface area contributed by atoms with Crippen LogP contribution < -0.4 is 19.1 Å². The average Bonchev–Trinajstić information content (AvgIpc) is 2.88.